The molecule has 9 heteroatoms. The Morgan fingerprint density at radius 3 is 1.52 bits per heavy atom. The molecule has 5 nitrogen and oxygen atoms in total. The quantitative estimate of drug-likeness (QED) is 0.138. The molecule has 160 valence electrons. The van der Waals surface area contributed by atoms with Crippen molar-refractivity contribution in [3.05, 3.63) is 12.7 Å². The van der Waals surface area contributed by atoms with Gasteiger partial charge in [0.1, 0.15) is 0 Å². The minimum atomic E-state index is -2.72. The van der Waals surface area contributed by atoms with Crippen LogP contribution in [0.1, 0.15) is 52.2 Å². The van der Waals surface area contributed by atoms with Gasteiger partial charge in [-0.1, -0.05) is 48.1 Å². The molecule has 0 saturated heterocycles. The van der Waals surface area contributed by atoms with E-state index in [1.54, 1.807) is 0 Å². The second-order valence-electron chi connectivity index (χ2n) is 6.83. The predicted molar refractivity (Wildman–Crippen MR) is 127 cm³/mol. The summed E-state index contributed by atoms with van der Waals surface area (Å²) in [4.78, 5) is 11.3. The molecule has 0 spiro atoms. The first-order valence-electron chi connectivity index (χ1n) is 10.8. The summed E-state index contributed by atoms with van der Waals surface area (Å²) in [5, 5.41) is 0. The highest BCUT2D eigenvalue weighted by Crippen LogP contribution is 2.26. The Kier molecular flexibility index (Phi) is 15.8. The third-order valence-corrected chi connectivity index (χ3v) is 19.5. The van der Waals surface area contributed by atoms with Gasteiger partial charge in [-0.25, -0.2) is 4.79 Å². The number of carbonyl (C=O) groups excluding carboxylic acids is 1. The van der Waals surface area contributed by atoms with Crippen molar-refractivity contribution in [1.29, 1.82) is 0 Å². The van der Waals surface area contributed by atoms with Crippen LogP contribution in [0.15, 0.2) is 12.7 Å². The van der Waals surface area contributed by atoms with Crippen molar-refractivity contribution in [2.75, 3.05) is 6.61 Å². The van der Waals surface area contributed by atoms with Crippen LogP contribution in [0.2, 0.25) is 42.3 Å². The third-order valence-electron chi connectivity index (χ3n) is 4.81. The number of esters is 1. The first-order chi connectivity index (χ1) is 12.9. The van der Waals surface area contributed by atoms with Gasteiger partial charge >= 0.3 is 19.1 Å². The maximum Gasteiger partial charge on any atom is 1.00 e. The van der Waals surface area contributed by atoms with Gasteiger partial charge in [-0.05, 0) is 42.7 Å². The van der Waals surface area contributed by atoms with Crippen LogP contribution in [-0.2, 0) is 21.9 Å². The lowest BCUT2D eigenvalue weighted by molar-refractivity contribution is -0.137. The van der Waals surface area contributed by atoms with Crippen LogP contribution in [0, 0.1) is 0 Å². The van der Waals surface area contributed by atoms with E-state index in [4.69, 9.17) is 17.1 Å². The van der Waals surface area contributed by atoms with Crippen LogP contribution < -0.4 is 0 Å². The number of ether oxygens (including phenoxy) is 1. The maximum absolute atomic E-state index is 11.3. The molecule has 0 bridgehead atoms. The van der Waals surface area contributed by atoms with E-state index in [9.17, 15) is 4.79 Å². The number of hydrogen-bond donors (Lipinski definition) is 0. The molecule has 27 heavy (non-hydrogen) atoms. The van der Waals surface area contributed by atoms with Crippen molar-refractivity contribution >= 4 is 41.9 Å². The van der Waals surface area contributed by atoms with E-state index < -0.39 is 35.9 Å². The van der Waals surface area contributed by atoms with Crippen molar-refractivity contribution in [3.8, 4) is 0 Å². The fourth-order valence-corrected chi connectivity index (χ4v) is 18.9. The zero-order valence-electron chi connectivity index (χ0n) is 21.4. The van der Waals surface area contributed by atoms with Crippen molar-refractivity contribution in [2.24, 2.45) is 0 Å². The largest absolute Gasteiger partial charge is 1.00 e. The molecule has 0 radical (unpaired) electrons. The van der Waals surface area contributed by atoms with Crippen LogP contribution in [0.5, 0.6) is 0 Å². The van der Waals surface area contributed by atoms with E-state index in [1.807, 2.05) is 0 Å². The average molecular weight is 454 g/mol. The zero-order chi connectivity index (χ0) is 20.7. The van der Waals surface area contributed by atoms with Gasteiger partial charge in [-0.15, -0.1) is 0 Å². The molecule has 0 aromatic rings. The Hall–Kier alpha value is -0.0425. The highest BCUT2D eigenvalue weighted by molar-refractivity contribution is 6.81. The zero-order valence-corrected chi connectivity index (χ0v) is 22.9. The Labute approximate surface area is 177 Å². The second-order valence-corrected chi connectivity index (χ2v) is 20.2. The van der Waals surface area contributed by atoms with Gasteiger partial charge in [0.25, 0.3) is 0 Å². The maximum atomic E-state index is 11.3. The predicted octanol–water partition coefficient (Wildman–Crippen LogP) is 4.72. The van der Waals surface area contributed by atoms with Crippen molar-refractivity contribution in [3.63, 3.8) is 0 Å². The van der Waals surface area contributed by atoms with E-state index in [-0.39, 0.29) is 10.2 Å². The topological polar surface area (TPSA) is 54.0 Å². The molecular formula is C18H45O5Si4+3. The molecule has 0 rings (SSSR count). The molecule has 0 aromatic carbocycles. The fraction of sp³-hybridized carbons (Fsp3) is 0.833. The van der Waals surface area contributed by atoms with E-state index in [2.05, 4.69) is 48.1 Å². The van der Waals surface area contributed by atoms with Crippen molar-refractivity contribution in [1.82, 2.24) is 0 Å². The van der Waals surface area contributed by atoms with Gasteiger partial charge in [-0.2, -0.15) is 0 Å². The Morgan fingerprint density at radius 1 is 0.852 bits per heavy atom. The molecule has 0 fully saturated rings. The molecule has 0 saturated carbocycles. The smallest absolute Gasteiger partial charge is 0.463 e. The van der Waals surface area contributed by atoms with Crippen LogP contribution in [0.25, 0.3) is 0 Å². The molecule has 0 aliphatic rings. The summed E-state index contributed by atoms with van der Waals surface area (Å²) in [6.45, 7) is 17.1. The first kappa shape index (κ1) is 27.0. The molecule has 0 aliphatic carbocycles. The fourth-order valence-electron chi connectivity index (χ4n) is 2.91. The minimum Gasteiger partial charge on any atom is -0.463 e. The Morgan fingerprint density at radius 2 is 1.22 bits per heavy atom. The summed E-state index contributed by atoms with van der Waals surface area (Å²) in [6.07, 6.45) is 1.93. The van der Waals surface area contributed by atoms with E-state index in [0.29, 0.717) is 6.61 Å². The second kappa shape index (κ2) is 15.8. The van der Waals surface area contributed by atoms with E-state index in [0.717, 1.165) is 48.7 Å². The summed E-state index contributed by atoms with van der Waals surface area (Å²) >= 11 is 0. The van der Waals surface area contributed by atoms with Crippen molar-refractivity contribution < 1.29 is 26.2 Å². The van der Waals surface area contributed by atoms with E-state index in [1.165, 1.54) is 6.08 Å². The number of hydrogen-bond acceptors (Lipinski definition) is 5. The molecule has 0 heterocycles. The number of rotatable bonds is 17. The molecule has 0 aromatic heterocycles. The van der Waals surface area contributed by atoms with Gasteiger partial charge in [0.05, 0.1) is 6.61 Å². The number of carbonyl (C=O) groups is 1. The van der Waals surface area contributed by atoms with Crippen LogP contribution in [0.3, 0.4) is 0 Å². The van der Waals surface area contributed by atoms with Crippen LogP contribution >= 0.6 is 0 Å². The van der Waals surface area contributed by atoms with E-state index >= 15 is 0 Å². The van der Waals surface area contributed by atoms with Gasteiger partial charge in [0.2, 0.25) is 0 Å². The summed E-state index contributed by atoms with van der Waals surface area (Å²) in [7, 11) is -6.70. The minimum absolute atomic E-state index is 0. The monoisotopic (exact) mass is 453 g/mol. The Bertz CT molecular complexity index is 377. The third kappa shape index (κ3) is 10.9. The molecule has 0 N–H and O–H groups in total. The molecule has 0 unspecified atom stereocenters. The van der Waals surface area contributed by atoms with Gasteiger partial charge in [0.15, 0.2) is 27.1 Å². The standard InChI is InChI=1S/C18H42O5Si4/c1-8-18(19)20-16-15-17-27(21-24(9-2)10-3,22-25(11-4)12-5)23-26(13-6)14-7/h8,24-26H,1,9-17H2,2-7H3/p+3. The summed E-state index contributed by atoms with van der Waals surface area (Å²) in [5.74, 6) is -0.372. The average Bonchev–Trinajstić information content (AvgIpc) is 2.71. The Balaban J connectivity index is -0.00000113. The normalized spacial score (nSPS) is 12.2. The SMILES string of the molecule is C=CC(=O)OCCC[Si](O[SiH](CC)CC)(O[SiH](CC)CC)O[SiH](CC)CC.[H+].[H+].[H+]. The summed E-state index contributed by atoms with van der Waals surface area (Å²) in [6, 6.07) is 7.33. The summed E-state index contributed by atoms with van der Waals surface area (Å²) < 4.78 is 25.5. The highest BCUT2D eigenvalue weighted by Gasteiger charge is 2.45. The molecule has 0 amide bonds. The van der Waals surface area contributed by atoms with Crippen molar-refractivity contribution in [2.45, 2.75) is 90.3 Å². The lowest BCUT2D eigenvalue weighted by Gasteiger charge is -2.38. The van der Waals surface area contributed by atoms with Gasteiger partial charge < -0.3 is 17.1 Å². The lowest BCUT2D eigenvalue weighted by Crippen LogP contribution is -2.55. The molecule has 0 atom stereocenters. The lowest BCUT2D eigenvalue weighted by atomic mass is 10.5. The molecule has 0 aliphatic heterocycles. The van der Waals surface area contributed by atoms with Gasteiger partial charge in [0, 0.05) is 12.1 Å². The van der Waals surface area contributed by atoms with Crippen LogP contribution in [0.4, 0.5) is 0 Å². The molecular weight excluding hydrogens is 409 g/mol. The highest BCUT2D eigenvalue weighted by atomic mass is 28.5. The van der Waals surface area contributed by atoms with Gasteiger partial charge in [-0.3, -0.25) is 0 Å². The summed E-state index contributed by atoms with van der Waals surface area (Å²) in [5.41, 5.74) is 0. The first-order valence-corrected chi connectivity index (χ1v) is 19.0. The van der Waals surface area contributed by atoms with Crippen LogP contribution in [-0.4, -0.2) is 48.5 Å².